The average molecular weight is 258 g/mol. The van der Waals surface area contributed by atoms with E-state index in [0.717, 1.165) is 15.6 Å². The number of hydrogen-bond acceptors (Lipinski definition) is 2. The highest BCUT2D eigenvalue weighted by atomic mass is 79.9. The molecule has 14 heavy (non-hydrogen) atoms. The number of halogens is 1. The van der Waals surface area contributed by atoms with Gasteiger partial charge < -0.3 is 10.5 Å². The molecule has 0 aliphatic heterocycles. The molecule has 0 fully saturated rings. The Hall–Kier alpha value is -0.380. The van der Waals surface area contributed by atoms with Crippen molar-refractivity contribution in [2.45, 2.75) is 26.0 Å². The number of hydrogen-bond donors (Lipinski definition) is 1. The van der Waals surface area contributed by atoms with Crippen LogP contribution >= 0.6 is 15.9 Å². The predicted octanol–water partition coefficient (Wildman–Crippen LogP) is 2.79. The molecule has 0 aliphatic carbocycles. The maximum atomic E-state index is 6.00. The summed E-state index contributed by atoms with van der Waals surface area (Å²) in [5, 5.41) is 0. The highest BCUT2D eigenvalue weighted by Gasteiger charge is 2.14. The number of benzene rings is 1. The van der Waals surface area contributed by atoms with Crippen molar-refractivity contribution in [3.63, 3.8) is 0 Å². The monoisotopic (exact) mass is 257 g/mol. The van der Waals surface area contributed by atoms with Gasteiger partial charge in [-0.3, -0.25) is 0 Å². The molecule has 0 aromatic heterocycles. The third-order valence-corrected chi connectivity index (χ3v) is 2.84. The first-order valence-electron chi connectivity index (χ1n) is 4.52. The van der Waals surface area contributed by atoms with E-state index in [1.54, 1.807) is 7.11 Å². The maximum Gasteiger partial charge on any atom is 0.0724 e. The molecular formula is C11H16BrNO. The molecule has 0 saturated carbocycles. The molecule has 0 aliphatic rings. The second-order valence-electron chi connectivity index (χ2n) is 3.96. The Morgan fingerprint density at radius 1 is 1.43 bits per heavy atom. The summed E-state index contributed by atoms with van der Waals surface area (Å²) in [7, 11) is 1.69. The van der Waals surface area contributed by atoms with Gasteiger partial charge in [0.1, 0.15) is 0 Å². The van der Waals surface area contributed by atoms with Crippen LogP contribution < -0.4 is 5.73 Å². The fourth-order valence-corrected chi connectivity index (χ4v) is 1.71. The lowest BCUT2D eigenvalue weighted by Crippen LogP contribution is -2.28. The van der Waals surface area contributed by atoms with Crippen molar-refractivity contribution >= 4 is 15.9 Å². The van der Waals surface area contributed by atoms with Gasteiger partial charge in [0.25, 0.3) is 0 Å². The Morgan fingerprint density at radius 2 is 2.07 bits per heavy atom. The Morgan fingerprint density at radius 3 is 2.50 bits per heavy atom. The smallest absolute Gasteiger partial charge is 0.0724 e. The van der Waals surface area contributed by atoms with Gasteiger partial charge in [-0.25, -0.2) is 0 Å². The van der Waals surface area contributed by atoms with E-state index < -0.39 is 0 Å². The molecule has 0 radical (unpaired) electrons. The van der Waals surface area contributed by atoms with E-state index in [1.807, 2.05) is 32.0 Å². The molecule has 2 N–H and O–H groups in total. The SMILES string of the molecule is COCc1ccc(C(C)(C)N)cc1Br. The Labute approximate surface area is 93.6 Å². The van der Waals surface area contributed by atoms with Crippen molar-refractivity contribution < 1.29 is 4.74 Å². The average Bonchev–Trinajstić information content (AvgIpc) is 2.07. The second kappa shape index (κ2) is 4.43. The third kappa shape index (κ3) is 2.80. The van der Waals surface area contributed by atoms with E-state index in [0.29, 0.717) is 6.61 Å². The lowest BCUT2D eigenvalue weighted by atomic mass is 9.95. The van der Waals surface area contributed by atoms with Crippen LogP contribution in [0.3, 0.4) is 0 Å². The van der Waals surface area contributed by atoms with Crippen molar-refractivity contribution in [3.05, 3.63) is 33.8 Å². The summed E-state index contributed by atoms with van der Waals surface area (Å²) in [6.45, 7) is 4.60. The van der Waals surface area contributed by atoms with Gasteiger partial charge in [-0.05, 0) is 31.0 Å². The van der Waals surface area contributed by atoms with E-state index in [2.05, 4.69) is 15.9 Å². The molecule has 78 valence electrons. The van der Waals surface area contributed by atoms with Gasteiger partial charge in [0.15, 0.2) is 0 Å². The molecule has 0 spiro atoms. The number of ether oxygens (including phenoxy) is 1. The summed E-state index contributed by atoms with van der Waals surface area (Å²) < 4.78 is 6.12. The first-order chi connectivity index (χ1) is 6.45. The van der Waals surface area contributed by atoms with Gasteiger partial charge in [-0.15, -0.1) is 0 Å². The minimum absolute atomic E-state index is 0.297. The molecule has 0 bridgehead atoms. The largest absolute Gasteiger partial charge is 0.380 e. The van der Waals surface area contributed by atoms with E-state index in [1.165, 1.54) is 0 Å². The predicted molar refractivity (Wildman–Crippen MR) is 62.1 cm³/mol. The molecule has 3 heteroatoms. The standard InChI is InChI=1S/C11H16BrNO/c1-11(2,13)9-5-4-8(7-14-3)10(12)6-9/h4-6H,7,13H2,1-3H3. The summed E-state index contributed by atoms with van der Waals surface area (Å²) >= 11 is 3.51. The summed E-state index contributed by atoms with van der Waals surface area (Å²) in [5.41, 5.74) is 7.95. The van der Waals surface area contributed by atoms with Crippen LogP contribution in [0.1, 0.15) is 25.0 Å². The molecular weight excluding hydrogens is 242 g/mol. The fraction of sp³-hybridized carbons (Fsp3) is 0.455. The second-order valence-corrected chi connectivity index (χ2v) is 4.82. The molecule has 0 amide bonds. The van der Waals surface area contributed by atoms with Crippen molar-refractivity contribution in [2.24, 2.45) is 5.73 Å². The normalized spacial score (nSPS) is 11.8. The van der Waals surface area contributed by atoms with Gasteiger partial charge in [-0.2, -0.15) is 0 Å². The zero-order chi connectivity index (χ0) is 10.8. The topological polar surface area (TPSA) is 35.2 Å². The Balaban J connectivity index is 3.01. The van der Waals surface area contributed by atoms with Crippen molar-refractivity contribution in [1.29, 1.82) is 0 Å². The van der Waals surface area contributed by atoms with Crippen LogP contribution in [0.4, 0.5) is 0 Å². The fourth-order valence-electron chi connectivity index (χ4n) is 1.22. The molecule has 0 atom stereocenters. The van der Waals surface area contributed by atoms with E-state index >= 15 is 0 Å². The lowest BCUT2D eigenvalue weighted by molar-refractivity contribution is 0.184. The Kier molecular flexibility index (Phi) is 3.70. The van der Waals surface area contributed by atoms with Gasteiger partial charge in [0.2, 0.25) is 0 Å². The van der Waals surface area contributed by atoms with E-state index in [-0.39, 0.29) is 5.54 Å². The van der Waals surface area contributed by atoms with Gasteiger partial charge in [-0.1, -0.05) is 28.1 Å². The van der Waals surface area contributed by atoms with E-state index in [9.17, 15) is 0 Å². The highest BCUT2D eigenvalue weighted by Crippen LogP contribution is 2.24. The summed E-state index contributed by atoms with van der Waals surface area (Å²) in [6, 6.07) is 6.13. The Bertz CT molecular complexity index is 318. The molecule has 1 rings (SSSR count). The maximum absolute atomic E-state index is 6.00. The molecule has 0 saturated heterocycles. The number of methoxy groups -OCH3 is 1. The summed E-state index contributed by atoms with van der Waals surface area (Å²) in [4.78, 5) is 0. The van der Waals surface area contributed by atoms with Crippen LogP contribution in [0, 0.1) is 0 Å². The molecule has 1 aromatic carbocycles. The quantitative estimate of drug-likeness (QED) is 0.904. The van der Waals surface area contributed by atoms with E-state index in [4.69, 9.17) is 10.5 Å². The van der Waals surface area contributed by atoms with Gasteiger partial charge in [0.05, 0.1) is 6.61 Å². The highest BCUT2D eigenvalue weighted by molar-refractivity contribution is 9.10. The van der Waals surface area contributed by atoms with Crippen LogP contribution in [-0.4, -0.2) is 7.11 Å². The first-order valence-corrected chi connectivity index (χ1v) is 5.31. The molecule has 0 heterocycles. The van der Waals surface area contributed by atoms with Crippen LogP contribution in [0.25, 0.3) is 0 Å². The van der Waals surface area contributed by atoms with Crippen LogP contribution in [0.2, 0.25) is 0 Å². The minimum Gasteiger partial charge on any atom is -0.380 e. The zero-order valence-corrected chi connectivity index (χ0v) is 10.4. The minimum atomic E-state index is -0.297. The summed E-state index contributed by atoms with van der Waals surface area (Å²) in [5.74, 6) is 0. The third-order valence-electron chi connectivity index (χ3n) is 2.10. The van der Waals surface area contributed by atoms with Crippen LogP contribution in [-0.2, 0) is 16.9 Å². The molecule has 2 nitrogen and oxygen atoms in total. The van der Waals surface area contributed by atoms with Crippen LogP contribution in [0.5, 0.6) is 0 Å². The van der Waals surface area contributed by atoms with Gasteiger partial charge >= 0.3 is 0 Å². The number of rotatable bonds is 3. The van der Waals surface area contributed by atoms with Crippen molar-refractivity contribution in [3.8, 4) is 0 Å². The van der Waals surface area contributed by atoms with Gasteiger partial charge in [0, 0.05) is 17.1 Å². The zero-order valence-electron chi connectivity index (χ0n) is 8.80. The van der Waals surface area contributed by atoms with Crippen molar-refractivity contribution in [2.75, 3.05) is 7.11 Å². The number of nitrogens with two attached hydrogens (primary N) is 1. The molecule has 1 aromatic rings. The molecule has 0 unspecified atom stereocenters. The van der Waals surface area contributed by atoms with Crippen LogP contribution in [0.15, 0.2) is 22.7 Å². The van der Waals surface area contributed by atoms with Crippen molar-refractivity contribution in [1.82, 2.24) is 0 Å². The summed E-state index contributed by atoms with van der Waals surface area (Å²) in [6.07, 6.45) is 0. The first kappa shape index (κ1) is 11.7. The lowest BCUT2D eigenvalue weighted by Gasteiger charge is -2.20.